The predicted molar refractivity (Wildman–Crippen MR) is 80.3 cm³/mol. The highest BCUT2D eigenvalue weighted by Gasteiger charge is 2.29. The summed E-state index contributed by atoms with van der Waals surface area (Å²) in [5.41, 5.74) is 7.41. The summed E-state index contributed by atoms with van der Waals surface area (Å²) in [6.45, 7) is 3.03. The molecule has 0 bridgehead atoms. The first-order valence-corrected chi connectivity index (χ1v) is 6.89. The van der Waals surface area contributed by atoms with Gasteiger partial charge in [-0.1, -0.05) is 23.4 Å². The molecule has 3 rings (SSSR count). The lowest BCUT2D eigenvalue weighted by molar-refractivity contribution is 0.318. The Kier molecular flexibility index (Phi) is 3.18. The van der Waals surface area contributed by atoms with Crippen molar-refractivity contribution >= 4 is 22.6 Å². The van der Waals surface area contributed by atoms with Crippen LogP contribution in [0.5, 0.6) is 0 Å². The molecule has 1 saturated carbocycles. The van der Waals surface area contributed by atoms with Crippen LogP contribution in [0.3, 0.4) is 0 Å². The first kappa shape index (κ1) is 12.7. The van der Waals surface area contributed by atoms with Crippen LogP contribution in [0.4, 0.5) is 5.82 Å². The van der Waals surface area contributed by atoms with E-state index in [-0.39, 0.29) is 5.84 Å². The largest absolute Gasteiger partial charge is 0.409 e. The van der Waals surface area contributed by atoms with Gasteiger partial charge in [0, 0.05) is 23.5 Å². The first-order chi connectivity index (χ1) is 9.74. The van der Waals surface area contributed by atoms with Crippen LogP contribution in [-0.2, 0) is 0 Å². The average Bonchev–Trinajstić information content (AvgIpc) is 3.31. The number of benzene rings is 1. The predicted octanol–water partition coefficient (Wildman–Crippen LogP) is 2.32. The topological polar surface area (TPSA) is 74.7 Å². The van der Waals surface area contributed by atoms with Gasteiger partial charge < -0.3 is 15.8 Å². The van der Waals surface area contributed by atoms with Crippen molar-refractivity contribution in [3.63, 3.8) is 0 Å². The zero-order valence-electron chi connectivity index (χ0n) is 11.5. The second-order valence-electron chi connectivity index (χ2n) is 5.05. The van der Waals surface area contributed by atoms with E-state index in [1.165, 1.54) is 12.8 Å². The molecule has 5 nitrogen and oxygen atoms in total. The maximum atomic E-state index is 8.98. The summed E-state index contributed by atoms with van der Waals surface area (Å²) in [7, 11) is 0. The fraction of sp³-hybridized carbons (Fsp3) is 0.333. The molecule has 20 heavy (non-hydrogen) atoms. The summed E-state index contributed by atoms with van der Waals surface area (Å²) in [6, 6.07) is 10.3. The van der Waals surface area contributed by atoms with E-state index in [0.29, 0.717) is 6.04 Å². The zero-order valence-corrected chi connectivity index (χ0v) is 11.5. The highest BCUT2D eigenvalue weighted by molar-refractivity contribution is 6.08. The van der Waals surface area contributed by atoms with Crippen molar-refractivity contribution in [1.82, 2.24) is 4.98 Å². The molecule has 1 aliphatic carbocycles. The molecule has 0 radical (unpaired) electrons. The molecule has 0 atom stereocenters. The van der Waals surface area contributed by atoms with Gasteiger partial charge in [0.05, 0.1) is 5.52 Å². The van der Waals surface area contributed by atoms with Crippen LogP contribution in [0.1, 0.15) is 25.3 Å². The molecule has 0 amide bonds. The van der Waals surface area contributed by atoms with Crippen LogP contribution >= 0.6 is 0 Å². The number of oxime groups is 1. The lowest BCUT2D eigenvalue weighted by atomic mass is 10.1. The number of pyridine rings is 1. The van der Waals surface area contributed by atoms with E-state index in [9.17, 15) is 0 Å². The lowest BCUT2D eigenvalue weighted by Gasteiger charge is -2.22. The third-order valence-corrected chi connectivity index (χ3v) is 3.71. The molecule has 3 N–H and O–H groups in total. The average molecular weight is 270 g/mol. The van der Waals surface area contributed by atoms with E-state index in [4.69, 9.17) is 15.9 Å². The fourth-order valence-corrected chi connectivity index (χ4v) is 2.57. The number of nitrogens with two attached hydrogens (primary N) is 1. The molecule has 0 aliphatic heterocycles. The van der Waals surface area contributed by atoms with E-state index < -0.39 is 0 Å². The van der Waals surface area contributed by atoms with Crippen molar-refractivity contribution in [2.24, 2.45) is 10.9 Å². The van der Waals surface area contributed by atoms with Gasteiger partial charge in [0.2, 0.25) is 0 Å². The van der Waals surface area contributed by atoms with Crippen LogP contribution in [-0.4, -0.2) is 28.6 Å². The number of fused-ring (bicyclic) bond motifs is 1. The number of nitrogens with zero attached hydrogens (tertiary/aromatic N) is 3. The SMILES string of the molecule is CCN(c1cc(C(N)=NO)c2ccccc2n1)C1CC1. The van der Waals surface area contributed by atoms with Crippen LogP contribution in [0, 0.1) is 0 Å². The molecule has 2 aromatic rings. The molecule has 1 aromatic carbocycles. The molecule has 5 heteroatoms. The maximum Gasteiger partial charge on any atom is 0.170 e. The summed E-state index contributed by atoms with van der Waals surface area (Å²) >= 11 is 0. The molecular weight excluding hydrogens is 252 g/mol. The Labute approximate surface area is 117 Å². The monoisotopic (exact) mass is 270 g/mol. The Hall–Kier alpha value is -2.30. The van der Waals surface area contributed by atoms with Gasteiger partial charge in [-0.25, -0.2) is 4.98 Å². The molecule has 1 aromatic heterocycles. The van der Waals surface area contributed by atoms with Gasteiger partial charge in [0.1, 0.15) is 5.82 Å². The Bertz CT molecular complexity index is 664. The minimum absolute atomic E-state index is 0.122. The van der Waals surface area contributed by atoms with Crippen molar-refractivity contribution in [3.05, 3.63) is 35.9 Å². The van der Waals surface area contributed by atoms with Crippen molar-refractivity contribution in [2.45, 2.75) is 25.8 Å². The second-order valence-corrected chi connectivity index (χ2v) is 5.05. The summed E-state index contributed by atoms with van der Waals surface area (Å²) in [6.07, 6.45) is 2.42. The minimum Gasteiger partial charge on any atom is -0.409 e. The van der Waals surface area contributed by atoms with Crippen molar-refractivity contribution < 1.29 is 5.21 Å². The van der Waals surface area contributed by atoms with Crippen molar-refractivity contribution in [2.75, 3.05) is 11.4 Å². The number of para-hydroxylation sites is 1. The Balaban J connectivity index is 2.19. The second kappa shape index (κ2) is 5.00. The highest BCUT2D eigenvalue weighted by atomic mass is 16.4. The van der Waals surface area contributed by atoms with Crippen LogP contribution < -0.4 is 10.6 Å². The zero-order chi connectivity index (χ0) is 14.1. The van der Waals surface area contributed by atoms with E-state index in [2.05, 4.69) is 17.0 Å². The van der Waals surface area contributed by atoms with Gasteiger partial charge in [-0.05, 0) is 31.9 Å². The number of rotatable bonds is 4. The molecule has 1 fully saturated rings. The van der Waals surface area contributed by atoms with Gasteiger partial charge >= 0.3 is 0 Å². The summed E-state index contributed by atoms with van der Waals surface area (Å²) in [5.74, 6) is 1.02. The molecule has 1 aliphatic rings. The molecule has 1 heterocycles. The number of amidine groups is 1. The Morgan fingerprint density at radius 3 is 2.85 bits per heavy atom. The minimum atomic E-state index is 0.122. The van der Waals surface area contributed by atoms with E-state index >= 15 is 0 Å². The van der Waals surface area contributed by atoms with Gasteiger partial charge in [0.25, 0.3) is 0 Å². The number of hydrogen-bond acceptors (Lipinski definition) is 4. The molecule has 0 saturated heterocycles. The number of hydrogen-bond donors (Lipinski definition) is 2. The first-order valence-electron chi connectivity index (χ1n) is 6.89. The van der Waals surface area contributed by atoms with Gasteiger partial charge in [0.15, 0.2) is 5.84 Å². The Morgan fingerprint density at radius 2 is 2.20 bits per heavy atom. The highest BCUT2D eigenvalue weighted by Crippen LogP contribution is 2.32. The molecular formula is C15H18N4O. The van der Waals surface area contributed by atoms with Crippen molar-refractivity contribution in [3.8, 4) is 0 Å². The van der Waals surface area contributed by atoms with Crippen molar-refractivity contribution in [1.29, 1.82) is 0 Å². The van der Waals surface area contributed by atoms with Crippen LogP contribution in [0.2, 0.25) is 0 Å². The quantitative estimate of drug-likeness (QED) is 0.387. The van der Waals surface area contributed by atoms with Crippen LogP contribution in [0.15, 0.2) is 35.5 Å². The number of anilines is 1. The molecule has 104 valence electrons. The third-order valence-electron chi connectivity index (χ3n) is 3.71. The van der Waals surface area contributed by atoms with Gasteiger partial charge in [-0.3, -0.25) is 0 Å². The smallest absolute Gasteiger partial charge is 0.170 e. The van der Waals surface area contributed by atoms with Gasteiger partial charge in [-0.15, -0.1) is 0 Å². The van der Waals surface area contributed by atoms with E-state index in [0.717, 1.165) is 28.8 Å². The fourth-order valence-electron chi connectivity index (χ4n) is 2.57. The van der Waals surface area contributed by atoms with Gasteiger partial charge in [-0.2, -0.15) is 0 Å². The molecule has 0 spiro atoms. The summed E-state index contributed by atoms with van der Waals surface area (Å²) < 4.78 is 0. The third kappa shape index (κ3) is 2.15. The van der Waals surface area contributed by atoms with E-state index in [1.54, 1.807) is 0 Å². The standard InChI is InChI=1S/C15H18N4O/c1-2-19(10-7-8-10)14-9-12(15(16)18-20)11-5-3-4-6-13(11)17-14/h3-6,9-10,20H,2,7-8H2,1H3,(H2,16,18). The Morgan fingerprint density at radius 1 is 1.45 bits per heavy atom. The molecule has 0 unspecified atom stereocenters. The number of aromatic nitrogens is 1. The van der Waals surface area contributed by atoms with Crippen LogP contribution in [0.25, 0.3) is 10.9 Å². The summed E-state index contributed by atoms with van der Waals surface area (Å²) in [4.78, 5) is 7.00. The lowest BCUT2D eigenvalue weighted by Crippen LogP contribution is -2.26. The summed E-state index contributed by atoms with van der Waals surface area (Å²) in [5, 5.41) is 13.0. The van der Waals surface area contributed by atoms with E-state index in [1.807, 2.05) is 30.3 Å². The normalized spacial score (nSPS) is 15.6. The maximum absolute atomic E-state index is 8.98.